The molecule has 1 rings (SSSR count). The average Bonchev–Trinajstić information content (AvgIpc) is 2.50. The predicted molar refractivity (Wildman–Crippen MR) is 92.6 cm³/mol. The summed E-state index contributed by atoms with van der Waals surface area (Å²) in [7, 11) is 0. The van der Waals surface area contributed by atoms with E-state index in [4.69, 9.17) is 10.5 Å². The lowest BCUT2D eigenvalue weighted by Gasteiger charge is -2.25. The lowest BCUT2D eigenvalue weighted by Crippen LogP contribution is -2.29. The third-order valence-electron chi connectivity index (χ3n) is 4.77. The number of hydrogen-bond donors (Lipinski definition) is 1. The van der Waals surface area contributed by atoms with Gasteiger partial charge in [0, 0.05) is 12.6 Å². The molecule has 1 heterocycles. The maximum atomic E-state index is 6.23. The van der Waals surface area contributed by atoms with Crippen molar-refractivity contribution >= 4 is 0 Å². The van der Waals surface area contributed by atoms with Crippen molar-refractivity contribution in [1.29, 1.82) is 0 Å². The smallest absolute Gasteiger partial charge is 0.0589 e. The molecule has 0 aromatic rings. The van der Waals surface area contributed by atoms with E-state index in [1.807, 2.05) is 0 Å². The van der Waals surface area contributed by atoms with Crippen LogP contribution in [0.4, 0.5) is 0 Å². The minimum atomic E-state index is 0.363. The second-order valence-electron chi connectivity index (χ2n) is 6.96. The topological polar surface area (TPSA) is 35.2 Å². The SMILES string of the molecule is CCCCCCCCCCCCC(N)CC1CCCCO1. The van der Waals surface area contributed by atoms with Crippen molar-refractivity contribution in [3.8, 4) is 0 Å². The highest BCUT2D eigenvalue weighted by Crippen LogP contribution is 2.19. The number of hydrogen-bond acceptors (Lipinski definition) is 2. The molecule has 1 aliphatic heterocycles. The van der Waals surface area contributed by atoms with Crippen molar-refractivity contribution in [1.82, 2.24) is 0 Å². The molecular weight excluding hydrogens is 258 g/mol. The summed E-state index contributed by atoms with van der Waals surface area (Å²) in [4.78, 5) is 0. The minimum absolute atomic E-state index is 0.363. The first-order valence-electron chi connectivity index (χ1n) is 9.70. The summed E-state index contributed by atoms with van der Waals surface area (Å²) in [5.41, 5.74) is 6.23. The first-order valence-corrected chi connectivity index (χ1v) is 9.70. The molecule has 1 saturated heterocycles. The summed E-state index contributed by atoms with van der Waals surface area (Å²) >= 11 is 0. The molecule has 0 saturated carbocycles. The van der Waals surface area contributed by atoms with E-state index in [2.05, 4.69) is 6.92 Å². The van der Waals surface area contributed by atoms with Crippen LogP contribution in [0, 0.1) is 0 Å². The molecule has 2 nitrogen and oxygen atoms in total. The van der Waals surface area contributed by atoms with Crippen LogP contribution in [-0.2, 0) is 4.74 Å². The Morgan fingerprint density at radius 2 is 1.52 bits per heavy atom. The molecule has 21 heavy (non-hydrogen) atoms. The maximum Gasteiger partial charge on any atom is 0.0589 e. The first-order chi connectivity index (χ1) is 10.3. The van der Waals surface area contributed by atoms with Crippen molar-refractivity contribution in [2.45, 2.75) is 115 Å². The average molecular weight is 298 g/mol. The van der Waals surface area contributed by atoms with E-state index in [1.165, 1.54) is 89.9 Å². The van der Waals surface area contributed by atoms with Gasteiger partial charge in [0.25, 0.3) is 0 Å². The Morgan fingerprint density at radius 1 is 0.905 bits per heavy atom. The van der Waals surface area contributed by atoms with E-state index in [0.29, 0.717) is 12.1 Å². The third-order valence-corrected chi connectivity index (χ3v) is 4.77. The lowest BCUT2D eigenvalue weighted by molar-refractivity contribution is 0.00690. The summed E-state index contributed by atoms with van der Waals surface area (Å²) in [6.07, 6.45) is 20.6. The van der Waals surface area contributed by atoms with Gasteiger partial charge in [-0.15, -0.1) is 0 Å². The normalized spacial score (nSPS) is 20.6. The minimum Gasteiger partial charge on any atom is -0.378 e. The van der Waals surface area contributed by atoms with Gasteiger partial charge in [-0.05, 0) is 32.1 Å². The van der Waals surface area contributed by atoms with Crippen molar-refractivity contribution in [2.75, 3.05) is 6.61 Å². The van der Waals surface area contributed by atoms with Crippen LogP contribution in [0.3, 0.4) is 0 Å². The van der Waals surface area contributed by atoms with Crippen LogP contribution in [0.2, 0.25) is 0 Å². The van der Waals surface area contributed by atoms with Gasteiger partial charge in [-0.1, -0.05) is 71.1 Å². The van der Waals surface area contributed by atoms with Gasteiger partial charge in [0.05, 0.1) is 6.10 Å². The molecule has 1 fully saturated rings. The highest BCUT2D eigenvalue weighted by molar-refractivity contribution is 4.71. The predicted octanol–water partition coefficient (Wildman–Crippen LogP) is 5.58. The molecule has 0 aliphatic carbocycles. The van der Waals surface area contributed by atoms with Crippen molar-refractivity contribution in [3.05, 3.63) is 0 Å². The summed E-state index contributed by atoms with van der Waals surface area (Å²) in [6, 6.07) is 0.363. The molecule has 1 aliphatic rings. The second kappa shape index (κ2) is 13.6. The largest absolute Gasteiger partial charge is 0.378 e. The summed E-state index contributed by atoms with van der Waals surface area (Å²) < 4.78 is 5.77. The molecule has 0 aromatic heterocycles. The number of nitrogens with two attached hydrogens (primary N) is 1. The van der Waals surface area contributed by atoms with Gasteiger partial charge >= 0.3 is 0 Å². The van der Waals surface area contributed by atoms with Gasteiger partial charge in [-0.2, -0.15) is 0 Å². The van der Waals surface area contributed by atoms with E-state index >= 15 is 0 Å². The zero-order valence-corrected chi connectivity index (χ0v) is 14.5. The molecule has 0 bridgehead atoms. The Kier molecular flexibility index (Phi) is 12.3. The van der Waals surface area contributed by atoms with Gasteiger partial charge in [0.15, 0.2) is 0 Å². The third kappa shape index (κ3) is 11.2. The monoisotopic (exact) mass is 297 g/mol. The summed E-state index contributed by atoms with van der Waals surface area (Å²) in [6.45, 7) is 3.24. The Hall–Kier alpha value is -0.0800. The van der Waals surface area contributed by atoms with Crippen LogP contribution >= 0.6 is 0 Å². The van der Waals surface area contributed by atoms with Crippen LogP contribution in [0.15, 0.2) is 0 Å². The van der Waals surface area contributed by atoms with Crippen LogP contribution in [-0.4, -0.2) is 18.8 Å². The molecular formula is C19H39NO. The fourth-order valence-electron chi connectivity index (χ4n) is 3.34. The van der Waals surface area contributed by atoms with E-state index in [-0.39, 0.29) is 0 Å². The van der Waals surface area contributed by atoms with Crippen molar-refractivity contribution in [2.24, 2.45) is 5.73 Å². The quantitative estimate of drug-likeness (QED) is 0.450. The van der Waals surface area contributed by atoms with E-state index in [1.54, 1.807) is 0 Å². The molecule has 126 valence electrons. The van der Waals surface area contributed by atoms with Gasteiger partial charge in [0.1, 0.15) is 0 Å². The highest BCUT2D eigenvalue weighted by atomic mass is 16.5. The lowest BCUT2D eigenvalue weighted by atomic mass is 9.98. The second-order valence-corrected chi connectivity index (χ2v) is 6.96. The fraction of sp³-hybridized carbons (Fsp3) is 1.00. The Labute approximate surface area is 133 Å². The van der Waals surface area contributed by atoms with Gasteiger partial charge in [0.2, 0.25) is 0 Å². The van der Waals surface area contributed by atoms with E-state index in [9.17, 15) is 0 Å². The molecule has 0 spiro atoms. The summed E-state index contributed by atoms with van der Waals surface area (Å²) in [5.74, 6) is 0. The Bertz CT molecular complexity index is 214. The zero-order valence-electron chi connectivity index (χ0n) is 14.5. The van der Waals surface area contributed by atoms with Crippen LogP contribution < -0.4 is 5.73 Å². The standard InChI is InChI=1S/C19H39NO/c1-2-3-4-5-6-7-8-9-10-11-14-18(20)17-19-15-12-13-16-21-19/h18-19H,2-17,20H2,1H3. The van der Waals surface area contributed by atoms with Gasteiger partial charge < -0.3 is 10.5 Å². The molecule has 0 radical (unpaired) electrons. The van der Waals surface area contributed by atoms with E-state index < -0.39 is 0 Å². The van der Waals surface area contributed by atoms with Crippen LogP contribution in [0.1, 0.15) is 103 Å². The van der Waals surface area contributed by atoms with Crippen LogP contribution in [0.25, 0.3) is 0 Å². The van der Waals surface area contributed by atoms with Crippen molar-refractivity contribution < 1.29 is 4.74 Å². The highest BCUT2D eigenvalue weighted by Gasteiger charge is 2.16. The van der Waals surface area contributed by atoms with Gasteiger partial charge in [-0.3, -0.25) is 0 Å². The van der Waals surface area contributed by atoms with E-state index in [0.717, 1.165) is 13.0 Å². The first kappa shape index (κ1) is 19.0. The molecule has 2 N–H and O–H groups in total. The molecule has 2 atom stereocenters. The number of unbranched alkanes of at least 4 members (excludes halogenated alkanes) is 9. The molecule has 0 amide bonds. The summed E-state index contributed by atoms with van der Waals surface area (Å²) in [5, 5.41) is 0. The molecule has 2 unspecified atom stereocenters. The number of ether oxygens (including phenoxy) is 1. The zero-order chi connectivity index (χ0) is 15.2. The molecule has 2 heteroatoms. The maximum absolute atomic E-state index is 6.23. The fourth-order valence-corrected chi connectivity index (χ4v) is 3.34. The molecule has 0 aromatic carbocycles. The van der Waals surface area contributed by atoms with Crippen molar-refractivity contribution in [3.63, 3.8) is 0 Å². The Morgan fingerprint density at radius 3 is 2.10 bits per heavy atom. The number of rotatable bonds is 13. The van der Waals surface area contributed by atoms with Crippen LogP contribution in [0.5, 0.6) is 0 Å². The Balaban J connectivity index is 1.80. The van der Waals surface area contributed by atoms with Gasteiger partial charge in [-0.25, -0.2) is 0 Å².